The molecule has 0 saturated carbocycles. The maximum Gasteiger partial charge on any atom is 0.316 e. The van der Waals surface area contributed by atoms with E-state index in [0.717, 1.165) is 16.8 Å². The molecule has 0 amide bonds. The molecular weight excluding hydrogens is 394 g/mol. The van der Waals surface area contributed by atoms with Crippen LogP contribution in [0.4, 0.5) is 0 Å². The van der Waals surface area contributed by atoms with Crippen LogP contribution < -0.4 is 4.74 Å². The van der Waals surface area contributed by atoms with Crippen molar-refractivity contribution < 1.29 is 9.53 Å². The zero-order chi connectivity index (χ0) is 22.0. The van der Waals surface area contributed by atoms with Gasteiger partial charge in [-0.15, -0.1) is 0 Å². The summed E-state index contributed by atoms with van der Waals surface area (Å²) in [7, 11) is 0. The molecule has 0 aliphatic carbocycles. The van der Waals surface area contributed by atoms with Crippen LogP contribution in [0, 0.1) is 5.41 Å². The van der Waals surface area contributed by atoms with Crippen LogP contribution in [0.1, 0.15) is 20.8 Å². The van der Waals surface area contributed by atoms with Gasteiger partial charge in [0.2, 0.25) is 0 Å². The zero-order valence-electron chi connectivity index (χ0n) is 18.3. The SMILES string of the molecule is CC(C)(C)C(=O)Oc1ccc2c(c1)-c1ccccc1-c1cccc3c4ccccc4n-2c13. The van der Waals surface area contributed by atoms with E-state index >= 15 is 0 Å². The summed E-state index contributed by atoms with van der Waals surface area (Å²) in [6.07, 6.45) is 0. The molecule has 0 fully saturated rings. The van der Waals surface area contributed by atoms with E-state index in [4.69, 9.17) is 4.74 Å². The van der Waals surface area contributed by atoms with Gasteiger partial charge in [0.05, 0.1) is 22.1 Å². The average Bonchev–Trinajstić information content (AvgIpc) is 3.06. The second-order valence-corrected chi connectivity index (χ2v) is 9.42. The molecule has 0 unspecified atom stereocenters. The lowest BCUT2D eigenvalue weighted by atomic mass is 9.93. The molecule has 2 heterocycles. The summed E-state index contributed by atoms with van der Waals surface area (Å²) >= 11 is 0. The second-order valence-electron chi connectivity index (χ2n) is 9.42. The molecule has 1 aromatic heterocycles. The number of rotatable bonds is 1. The van der Waals surface area contributed by atoms with Crippen LogP contribution in [0.25, 0.3) is 49.7 Å². The number of para-hydroxylation sites is 2. The van der Waals surface area contributed by atoms with Crippen LogP contribution in [-0.4, -0.2) is 10.5 Å². The van der Waals surface area contributed by atoms with Gasteiger partial charge in [-0.05, 0) is 56.2 Å². The molecule has 32 heavy (non-hydrogen) atoms. The number of aromatic nitrogens is 1. The normalized spacial score (nSPS) is 12.3. The van der Waals surface area contributed by atoms with Crippen molar-refractivity contribution in [2.24, 2.45) is 5.41 Å². The highest BCUT2D eigenvalue weighted by Crippen LogP contribution is 2.47. The van der Waals surface area contributed by atoms with Crippen molar-refractivity contribution >= 4 is 27.8 Å². The summed E-state index contributed by atoms with van der Waals surface area (Å²) in [5.41, 5.74) is 7.48. The van der Waals surface area contributed by atoms with Gasteiger partial charge in [0, 0.05) is 21.9 Å². The van der Waals surface area contributed by atoms with Gasteiger partial charge in [0.25, 0.3) is 0 Å². The Morgan fingerprint density at radius 2 is 1.38 bits per heavy atom. The highest BCUT2D eigenvalue weighted by atomic mass is 16.5. The maximum absolute atomic E-state index is 12.6. The Hall–Kier alpha value is -3.85. The molecule has 156 valence electrons. The number of carbonyl (C=O) groups excluding carboxylic acids is 1. The number of benzene rings is 4. The smallest absolute Gasteiger partial charge is 0.316 e. The summed E-state index contributed by atoms with van der Waals surface area (Å²) < 4.78 is 8.12. The fraction of sp³-hybridized carbons (Fsp3) is 0.138. The minimum Gasteiger partial charge on any atom is -0.426 e. The van der Waals surface area contributed by atoms with E-state index in [1.54, 1.807) is 0 Å². The molecule has 0 radical (unpaired) electrons. The van der Waals surface area contributed by atoms with Crippen molar-refractivity contribution in [3.63, 3.8) is 0 Å². The third kappa shape index (κ3) is 2.64. The molecule has 0 N–H and O–H groups in total. The fourth-order valence-electron chi connectivity index (χ4n) is 4.69. The van der Waals surface area contributed by atoms with E-state index in [9.17, 15) is 4.79 Å². The largest absolute Gasteiger partial charge is 0.426 e. The Balaban J connectivity index is 1.71. The van der Waals surface area contributed by atoms with Gasteiger partial charge >= 0.3 is 5.97 Å². The van der Waals surface area contributed by atoms with Crippen molar-refractivity contribution in [2.45, 2.75) is 20.8 Å². The third-order valence-electron chi connectivity index (χ3n) is 6.23. The third-order valence-corrected chi connectivity index (χ3v) is 6.23. The molecule has 0 atom stereocenters. The molecular formula is C29H23NO2. The Kier molecular flexibility index (Phi) is 3.88. The molecule has 0 saturated heterocycles. The van der Waals surface area contributed by atoms with Gasteiger partial charge in [-0.1, -0.05) is 60.7 Å². The molecule has 0 spiro atoms. The lowest BCUT2D eigenvalue weighted by molar-refractivity contribution is -0.142. The first-order chi connectivity index (χ1) is 15.4. The molecule has 4 aromatic carbocycles. The first kappa shape index (κ1) is 18.9. The first-order valence-corrected chi connectivity index (χ1v) is 10.9. The highest BCUT2D eigenvalue weighted by Gasteiger charge is 2.26. The number of fused-ring (bicyclic) bond motifs is 8. The van der Waals surface area contributed by atoms with E-state index in [-0.39, 0.29) is 5.97 Å². The molecule has 3 nitrogen and oxygen atoms in total. The predicted molar refractivity (Wildman–Crippen MR) is 130 cm³/mol. The predicted octanol–water partition coefficient (Wildman–Crippen LogP) is 7.38. The Morgan fingerprint density at radius 1 is 0.719 bits per heavy atom. The van der Waals surface area contributed by atoms with Crippen LogP contribution in [0.5, 0.6) is 5.75 Å². The number of hydrogen-bond acceptors (Lipinski definition) is 2. The van der Waals surface area contributed by atoms with Gasteiger partial charge in [0.15, 0.2) is 0 Å². The summed E-state index contributed by atoms with van der Waals surface area (Å²) in [6.45, 7) is 5.61. The average molecular weight is 418 g/mol. The first-order valence-electron chi connectivity index (χ1n) is 10.9. The van der Waals surface area contributed by atoms with Crippen LogP contribution >= 0.6 is 0 Å². The van der Waals surface area contributed by atoms with Crippen LogP contribution in [-0.2, 0) is 4.79 Å². The summed E-state index contributed by atoms with van der Waals surface area (Å²) in [5.74, 6) is 0.327. The zero-order valence-corrected chi connectivity index (χ0v) is 18.3. The lowest BCUT2D eigenvalue weighted by Gasteiger charge is -2.18. The van der Waals surface area contributed by atoms with Gasteiger partial charge in [-0.3, -0.25) is 4.79 Å². The minimum absolute atomic E-state index is 0.239. The summed E-state index contributed by atoms with van der Waals surface area (Å²) in [6, 6.07) is 29.5. The van der Waals surface area contributed by atoms with E-state index in [1.807, 2.05) is 32.9 Å². The molecule has 6 rings (SSSR count). The topological polar surface area (TPSA) is 31.2 Å². The van der Waals surface area contributed by atoms with Gasteiger partial charge < -0.3 is 9.30 Å². The Morgan fingerprint density at radius 3 is 2.16 bits per heavy atom. The van der Waals surface area contributed by atoms with E-state index in [2.05, 4.69) is 77.4 Å². The van der Waals surface area contributed by atoms with Crippen molar-refractivity contribution in [2.75, 3.05) is 0 Å². The number of ether oxygens (including phenoxy) is 1. The van der Waals surface area contributed by atoms with Crippen molar-refractivity contribution in [1.82, 2.24) is 4.57 Å². The van der Waals surface area contributed by atoms with E-state index < -0.39 is 5.41 Å². The van der Waals surface area contributed by atoms with Gasteiger partial charge in [0.1, 0.15) is 5.75 Å². The summed E-state index contributed by atoms with van der Waals surface area (Å²) in [4.78, 5) is 12.6. The molecule has 5 aromatic rings. The van der Waals surface area contributed by atoms with Crippen molar-refractivity contribution in [1.29, 1.82) is 0 Å². The summed E-state index contributed by atoms with van der Waals surface area (Å²) in [5, 5.41) is 2.47. The molecule has 1 aliphatic rings. The van der Waals surface area contributed by atoms with E-state index in [1.165, 1.54) is 32.9 Å². The van der Waals surface area contributed by atoms with Gasteiger partial charge in [-0.25, -0.2) is 0 Å². The van der Waals surface area contributed by atoms with Crippen LogP contribution in [0.2, 0.25) is 0 Å². The number of esters is 1. The lowest BCUT2D eigenvalue weighted by Crippen LogP contribution is -2.25. The molecule has 0 bridgehead atoms. The fourth-order valence-corrected chi connectivity index (χ4v) is 4.69. The number of hydrogen-bond donors (Lipinski definition) is 0. The molecule has 1 aliphatic heterocycles. The monoisotopic (exact) mass is 417 g/mol. The molecule has 3 heteroatoms. The van der Waals surface area contributed by atoms with Gasteiger partial charge in [-0.2, -0.15) is 0 Å². The Bertz CT molecular complexity index is 1550. The number of nitrogens with zero attached hydrogens (tertiary/aromatic N) is 1. The quantitative estimate of drug-likeness (QED) is 0.206. The van der Waals surface area contributed by atoms with E-state index in [0.29, 0.717) is 5.75 Å². The van der Waals surface area contributed by atoms with Crippen molar-refractivity contribution in [3.05, 3.63) is 84.9 Å². The van der Waals surface area contributed by atoms with Crippen LogP contribution in [0.3, 0.4) is 0 Å². The Labute approximate surface area is 186 Å². The van der Waals surface area contributed by atoms with Crippen molar-refractivity contribution in [3.8, 4) is 33.7 Å². The van der Waals surface area contributed by atoms with Crippen LogP contribution in [0.15, 0.2) is 84.9 Å². The minimum atomic E-state index is -0.566. The number of carbonyl (C=O) groups is 1. The maximum atomic E-state index is 12.6. The standard InChI is InChI=1S/C29H23NO2/c1-29(2,3)28(31)32-18-15-16-26-24(17-18)20-10-5-4-9-19(20)22-12-8-13-23-21-11-6-7-14-25(21)30(26)27(22)23/h4-17H,1-3H3. The highest BCUT2D eigenvalue weighted by molar-refractivity contribution is 6.16. The second kappa shape index (κ2) is 6.57.